The molecule has 9 heteroatoms. The van der Waals surface area contributed by atoms with E-state index in [1.807, 2.05) is 31.4 Å². The number of fused-ring (bicyclic) bond motifs is 1. The van der Waals surface area contributed by atoms with E-state index in [0.717, 1.165) is 11.1 Å². The van der Waals surface area contributed by atoms with Gasteiger partial charge in [-0.25, -0.2) is 8.42 Å². The maximum atomic E-state index is 13.7. The van der Waals surface area contributed by atoms with Crippen LogP contribution in [0.5, 0.6) is 11.5 Å². The summed E-state index contributed by atoms with van der Waals surface area (Å²) in [6.07, 6.45) is 2.55. The van der Waals surface area contributed by atoms with Crippen LogP contribution in [0.25, 0.3) is 0 Å². The molecule has 0 aliphatic carbocycles. The summed E-state index contributed by atoms with van der Waals surface area (Å²) in [6.45, 7) is 2.41. The Hall–Kier alpha value is -3.43. The number of ether oxygens (including phenoxy) is 2. The highest BCUT2D eigenvalue weighted by atomic mass is 32.2. The number of nitrogens with zero attached hydrogens (tertiary/aromatic N) is 1. The van der Waals surface area contributed by atoms with Crippen molar-refractivity contribution in [2.75, 3.05) is 37.9 Å². The summed E-state index contributed by atoms with van der Waals surface area (Å²) in [4.78, 5) is 13.7. The van der Waals surface area contributed by atoms with Gasteiger partial charge in [-0.3, -0.25) is 9.10 Å². The van der Waals surface area contributed by atoms with Gasteiger partial charge in [0.15, 0.2) is 17.3 Å². The van der Waals surface area contributed by atoms with Crippen molar-refractivity contribution < 1.29 is 22.7 Å². The van der Waals surface area contributed by atoms with Gasteiger partial charge in [0.05, 0.1) is 41.9 Å². The molecule has 37 heavy (non-hydrogen) atoms. The van der Waals surface area contributed by atoms with Gasteiger partial charge in [0, 0.05) is 12.1 Å². The van der Waals surface area contributed by atoms with Crippen LogP contribution in [0.4, 0.5) is 5.69 Å². The quantitative estimate of drug-likeness (QED) is 0.392. The number of para-hydroxylation sites is 1. The summed E-state index contributed by atoms with van der Waals surface area (Å²) < 4.78 is 39.4. The molecule has 0 amide bonds. The first kappa shape index (κ1) is 26.6. The molecule has 0 spiro atoms. The van der Waals surface area contributed by atoms with E-state index in [4.69, 9.17) is 9.47 Å². The van der Waals surface area contributed by atoms with Gasteiger partial charge in [-0.2, -0.15) is 0 Å². The van der Waals surface area contributed by atoms with Gasteiger partial charge in [-0.05, 0) is 61.6 Å². The van der Waals surface area contributed by atoms with E-state index in [1.54, 1.807) is 62.8 Å². The zero-order valence-electron chi connectivity index (χ0n) is 21.3. The second-order valence-corrected chi connectivity index (χ2v) is 11.2. The molecule has 1 N–H and O–H groups in total. The number of ketones is 1. The highest BCUT2D eigenvalue weighted by Gasteiger charge is 2.36. The van der Waals surface area contributed by atoms with Crippen molar-refractivity contribution in [3.63, 3.8) is 0 Å². The molecule has 0 aromatic heterocycles. The second kappa shape index (κ2) is 11.3. The largest absolute Gasteiger partial charge is 0.493 e. The van der Waals surface area contributed by atoms with Crippen LogP contribution in [0.15, 0.2) is 82.2 Å². The zero-order valence-corrected chi connectivity index (χ0v) is 22.9. The van der Waals surface area contributed by atoms with Crippen molar-refractivity contribution in [1.82, 2.24) is 5.32 Å². The number of methoxy groups -OCH3 is 2. The van der Waals surface area contributed by atoms with Gasteiger partial charge in [0.25, 0.3) is 10.0 Å². The van der Waals surface area contributed by atoms with Crippen LogP contribution in [0.3, 0.4) is 0 Å². The lowest BCUT2D eigenvalue weighted by atomic mass is 9.98. The number of hydrogen-bond donors (Lipinski definition) is 1. The predicted molar refractivity (Wildman–Crippen MR) is 148 cm³/mol. The van der Waals surface area contributed by atoms with Gasteiger partial charge in [-0.15, -0.1) is 11.8 Å². The molecule has 0 bridgehead atoms. The Bertz CT molecular complexity index is 1430. The zero-order chi connectivity index (χ0) is 26.6. The lowest BCUT2D eigenvalue weighted by molar-refractivity contribution is 0.103. The molecule has 0 fully saturated rings. The molecule has 0 saturated carbocycles. The third-order valence-corrected chi connectivity index (χ3v) is 8.80. The van der Waals surface area contributed by atoms with E-state index in [0.29, 0.717) is 46.3 Å². The first-order valence-corrected chi connectivity index (χ1v) is 14.4. The molecule has 7 nitrogen and oxygen atoms in total. The van der Waals surface area contributed by atoms with E-state index in [2.05, 4.69) is 5.32 Å². The number of Topliss-reactive ketones (excluding diaryl/α,β-unsaturated/α-hetero) is 1. The molecule has 4 rings (SSSR count). The summed E-state index contributed by atoms with van der Waals surface area (Å²) >= 11 is 1.40. The lowest BCUT2D eigenvalue weighted by Gasteiger charge is -2.32. The normalized spacial score (nSPS) is 14.7. The predicted octanol–water partition coefficient (Wildman–Crippen LogP) is 4.81. The lowest BCUT2D eigenvalue weighted by Crippen LogP contribution is -2.40. The highest BCUT2D eigenvalue weighted by molar-refractivity contribution is 8.02. The van der Waals surface area contributed by atoms with Gasteiger partial charge in [0.1, 0.15) is 0 Å². The third-order valence-electron chi connectivity index (χ3n) is 6.23. The van der Waals surface area contributed by atoms with Crippen LogP contribution in [0.2, 0.25) is 0 Å². The van der Waals surface area contributed by atoms with Gasteiger partial charge in [0.2, 0.25) is 0 Å². The molecule has 3 aromatic carbocycles. The molecule has 3 aromatic rings. The van der Waals surface area contributed by atoms with Crippen LogP contribution < -0.4 is 19.1 Å². The van der Waals surface area contributed by atoms with Crippen molar-refractivity contribution in [2.45, 2.75) is 18.2 Å². The monoisotopic (exact) mass is 538 g/mol. The number of carbonyl (C=O) groups excluding carboxylic acids is 1. The number of sulfonamides is 1. The summed E-state index contributed by atoms with van der Waals surface area (Å²) in [5.74, 6) is 1.14. The highest BCUT2D eigenvalue weighted by Crippen LogP contribution is 2.36. The third kappa shape index (κ3) is 5.47. The first-order valence-electron chi connectivity index (χ1n) is 11.7. The van der Waals surface area contributed by atoms with Crippen LogP contribution >= 0.6 is 11.8 Å². The standard InChI is InChI=1S/C28H30N2O5S2/c1-19-9-12-21(13-10-19)37(32,33)30-18-23(27(31)22-7-5-6-8-24(22)30)28(36-4)29-16-15-20-11-14-25(34-2)26(17-20)35-3/h5-14,17,29H,15-16,18H2,1-4H3/b28-23+. The number of thioether (sulfide) groups is 1. The van der Waals surface area contributed by atoms with Crippen LogP contribution in [-0.4, -0.2) is 47.8 Å². The molecule has 1 aliphatic rings. The molecule has 0 saturated heterocycles. The van der Waals surface area contributed by atoms with Crippen molar-refractivity contribution in [3.05, 3.63) is 94.0 Å². The van der Waals surface area contributed by atoms with E-state index in [1.165, 1.54) is 16.1 Å². The number of rotatable bonds is 9. The van der Waals surface area contributed by atoms with E-state index in [-0.39, 0.29) is 17.2 Å². The average Bonchev–Trinajstić information content (AvgIpc) is 2.91. The Morgan fingerprint density at radius 3 is 2.38 bits per heavy atom. The van der Waals surface area contributed by atoms with E-state index < -0.39 is 10.0 Å². The van der Waals surface area contributed by atoms with E-state index in [9.17, 15) is 13.2 Å². The van der Waals surface area contributed by atoms with Crippen LogP contribution in [0.1, 0.15) is 21.5 Å². The molecule has 1 aliphatic heterocycles. The molecule has 0 atom stereocenters. The van der Waals surface area contributed by atoms with Crippen LogP contribution in [0, 0.1) is 6.92 Å². The van der Waals surface area contributed by atoms with Gasteiger partial charge >= 0.3 is 0 Å². The Morgan fingerprint density at radius 1 is 1.00 bits per heavy atom. The fourth-order valence-electron chi connectivity index (χ4n) is 4.23. The Balaban J connectivity index is 1.64. The summed E-state index contributed by atoms with van der Waals surface area (Å²) in [6, 6.07) is 19.3. The van der Waals surface area contributed by atoms with Crippen molar-refractivity contribution in [2.24, 2.45) is 0 Å². The van der Waals surface area contributed by atoms with Gasteiger partial charge in [-0.1, -0.05) is 35.9 Å². The van der Waals surface area contributed by atoms with Crippen molar-refractivity contribution in [1.29, 1.82) is 0 Å². The fourth-order valence-corrected chi connectivity index (χ4v) is 6.33. The summed E-state index contributed by atoms with van der Waals surface area (Å²) in [5, 5.41) is 4.02. The van der Waals surface area contributed by atoms with Crippen LogP contribution in [-0.2, 0) is 16.4 Å². The minimum Gasteiger partial charge on any atom is -0.493 e. The number of anilines is 1. The summed E-state index contributed by atoms with van der Waals surface area (Å²) in [7, 11) is -0.693. The fraction of sp³-hybridized carbons (Fsp3) is 0.250. The average molecular weight is 539 g/mol. The Morgan fingerprint density at radius 2 is 1.70 bits per heavy atom. The Kier molecular flexibility index (Phi) is 8.14. The Labute approximate surface area is 222 Å². The number of benzene rings is 3. The number of aryl methyl sites for hydroxylation is 1. The van der Waals surface area contributed by atoms with Crippen molar-refractivity contribution in [3.8, 4) is 11.5 Å². The number of hydrogen-bond acceptors (Lipinski definition) is 7. The topological polar surface area (TPSA) is 84.9 Å². The van der Waals surface area contributed by atoms with Gasteiger partial charge < -0.3 is 14.8 Å². The molecular weight excluding hydrogens is 508 g/mol. The SMILES string of the molecule is COc1ccc(CCN/C(SC)=C2/CN(S(=O)(=O)c3ccc(C)cc3)c3ccccc3C2=O)cc1OC. The first-order chi connectivity index (χ1) is 17.8. The molecule has 0 radical (unpaired) electrons. The number of carbonyl (C=O) groups is 1. The molecule has 194 valence electrons. The minimum absolute atomic E-state index is 0.0500. The molecule has 1 heterocycles. The summed E-state index contributed by atoms with van der Waals surface area (Å²) in [5.41, 5.74) is 3.20. The maximum Gasteiger partial charge on any atom is 0.264 e. The maximum absolute atomic E-state index is 13.7. The van der Waals surface area contributed by atoms with E-state index >= 15 is 0 Å². The molecular formula is C28H30N2O5S2. The smallest absolute Gasteiger partial charge is 0.264 e. The minimum atomic E-state index is -3.88. The number of nitrogens with one attached hydrogen (secondary N) is 1. The second-order valence-electron chi connectivity index (χ2n) is 8.55. The van der Waals surface area contributed by atoms with Crippen molar-refractivity contribution >= 4 is 33.3 Å². The molecule has 0 unspecified atom stereocenters.